The molecule has 1 fully saturated rings. The number of halogens is 1. The lowest BCUT2D eigenvalue weighted by Crippen LogP contribution is -2.41. The number of carbonyl (C=O) groups excluding carboxylic acids is 1. The fraction of sp³-hybridized carbons (Fsp3) is 0.357. The summed E-state index contributed by atoms with van der Waals surface area (Å²) in [5.74, 6) is 2.03. The number of amides is 1. The first-order valence-electron chi connectivity index (χ1n) is 6.34. The SMILES string of the molecule is C#CCN(C(=O)c1ccc(N)cc1Cl)C1CCS(=O)(=O)C1. The smallest absolute Gasteiger partial charge is 0.256 e. The van der Waals surface area contributed by atoms with Gasteiger partial charge in [-0.2, -0.15) is 0 Å². The molecule has 1 aliphatic heterocycles. The van der Waals surface area contributed by atoms with E-state index in [1.807, 2.05) is 0 Å². The lowest BCUT2D eigenvalue weighted by atomic mass is 10.1. The fourth-order valence-electron chi connectivity index (χ4n) is 2.35. The van der Waals surface area contributed by atoms with E-state index < -0.39 is 15.9 Å². The molecule has 1 saturated heterocycles. The average Bonchev–Trinajstić information content (AvgIpc) is 2.75. The second-order valence-corrected chi connectivity index (χ2v) is 7.57. The number of sulfone groups is 1. The molecule has 1 unspecified atom stereocenters. The quantitative estimate of drug-likeness (QED) is 0.668. The van der Waals surface area contributed by atoms with Crippen LogP contribution in [0.15, 0.2) is 18.2 Å². The van der Waals surface area contributed by atoms with E-state index in [1.54, 1.807) is 6.07 Å². The molecule has 0 aromatic heterocycles. The van der Waals surface area contributed by atoms with Crippen molar-refractivity contribution in [2.24, 2.45) is 0 Å². The van der Waals surface area contributed by atoms with Gasteiger partial charge >= 0.3 is 0 Å². The number of hydrogen-bond acceptors (Lipinski definition) is 4. The number of rotatable bonds is 3. The Morgan fingerprint density at radius 3 is 2.76 bits per heavy atom. The van der Waals surface area contributed by atoms with E-state index in [4.69, 9.17) is 23.8 Å². The van der Waals surface area contributed by atoms with E-state index in [2.05, 4.69) is 5.92 Å². The van der Waals surface area contributed by atoms with Gasteiger partial charge in [-0.05, 0) is 24.6 Å². The molecular weight excluding hydrogens is 312 g/mol. The van der Waals surface area contributed by atoms with Gasteiger partial charge in [-0.25, -0.2) is 8.42 Å². The summed E-state index contributed by atoms with van der Waals surface area (Å²) in [7, 11) is -3.11. The molecule has 21 heavy (non-hydrogen) atoms. The van der Waals surface area contributed by atoms with Crippen molar-refractivity contribution in [3.05, 3.63) is 28.8 Å². The van der Waals surface area contributed by atoms with E-state index in [9.17, 15) is 13.2 Å². The second-order valence-electron chi connectivity index (χ2n) is 4.93. The van der Waals surface area contributed by atoms with Crippen molar-refractivity contribution in [1.29, 1.82) is 0 Å². The second kappa shape index (κ2) is 5.96. The van der Waals surface area contributed by atoms with Gasteiger partial charge < -0.3 is 10.6 Å². The summed E-state index contributed by atoms with van der Waals surface area (Å²) in [5.41, 5.74) is 6.32. The predicted molar refractivity (Wildman–Crippen MR) is 82.8 cm³/mol. The standard InChI is InChI=1S/C14H15ClN2O3S/c1-2-6-17(11-5-7-21(19,20)9-11)14(18)12-4-3-10(16)8-13(12)15/h1,3-4,8,11H,5-7,9,16H2. The molecule has 0 radical (unpaired) electrons. The Morgan fingerprint density at radius 2 is 2.24 bits per heavy atom. The van der Waals surface area contributed by atoms with Crippen LogP contribution >= 0.6 is 11.6 Å². The number of nitrogens with two attached hydrogens (primary N) is 1. The van der Waals surface area contributed by atoms with Crippen molar-refractivity contribution in [1.82, 2.24) is 4.90 Å². The number of nitrogens with zero attached hydrogens (tertiary/aromatic N) is 1. The molecule has 2 rings (SSSR count). The van der Waals surface area contributed by atoms with Crippen LogP contribution < -0.4 is 5.73 Å². The van der Waals surface area contributed by atoms with E-state index in [-0.39, 0.29) is 34.5 Å². The summed E-state index contributed by atoms with van der Waals surface area (Å²) in [5, 5.41) is 0.225. The minimum atomic E-state index is -3.11. The van der Waals surface area contributed by atoms with E-state index in [0.29, 0.717) is 12.1 Å². The van der Waals surface area contributed by atoms with Crippen molar-refractivity contribution < 1.29 is 13.2 Å². The van der Waals surface area contributed by atoms with Crippen molar-refractivity contribution in [3.63, 3.8) is 0 Å². The van der Waals surface area contributed by atoms with Gasteiger partial charge in [0.05, 0.1) is 28.6 Å². The monoisotopic (exact) mass is 326 g/mol. The molecular formula is C14H15ClN2O3S. The minimum Gasteiger partial charge on any atom is -0.399 e. The molecule has 0 aliphatic carbocycles. The Hall–Kier alpha value is -1.71. The van der Waals surface area contributed by atoms with Crippen molar-refractivity contribution in [2.45, 2.75) is 12.5 Å². The molecule has 1 amide bonds. The maximum absolute atomic E-state index is 12.6. The Balaban J connectivity index is 2.30. The predicted octanol–water partition coefficient (Wildman–Crippen LogP) is 1.18. The number of terminal acetylenes is 1. The van der Waals surface area contributed by atoms with Gasteiger partial charge in [0.1, 0.15) is 0 Å². The molecule has 1 aromatic carbocycles. The third-order valence-corrected chi connectivity index (χ3v) is 5.46. The van der Waals surface area contributed by atoms with Gasteiger partial charge in [-0.15, -0.1) is 6.42 Å². The molecule has 1 aliphatic rings. The molecule has 0 saturated carbocycles. The molecule has 2 N–H and O–H groups in total. The van der Waals surface area contributed by atoms with Crippen LogP contribution in [-0.2, 0) is 9.84 Å². The number of carbonyl (C=O) groups is 1. The largest absolute Gasteiger partial charge is 0.399 e. The zero-order chi connectivity index (χ0) is 15.6. The van der Waals surface area contributed by atoms with Crippen molar-refractivity contribution in [2.75, 3.05) is 23.8 Å². The zero-order valence-corrected chi connectivity index (χ0v) is 12.8. The van der Waals surface area contributed by atoms with Crippen LogP contribution in [0.4, 0.5) is 5.69 Å². The van der Waals surface area contributed by atoms with E-state index in [1.165, 1.54) is 17.0 Å². The molecule has 7 heteroatoms. The van der Waals surface area contributed by atoms with Crippen LogP contribution in [0, 0.1) is 12.3 Å². The van der Waals surface area contributed by atoms with Crippen LogP contribution in [-0.4, -0.2) is 43.3 Å². The summed E-state index contributed by atoms with van der Waals surface area (Å²) < 4.78 is 23.2. The van der Waals surface area contributed by atoms with Gasteiger partial charge in [0, 0.05) is 11.7 Å². The van der Waals surface area contributed by atoms with Gasteiger partial charge in [0.15, 0.2) is 9.84 Å². The summed E-state index contributed by atoms with van der Waals surface area (Å²) in [6.07, 6.45) is 5.69. The third-order valence-electron chi connectivity index (χ3n) is 3.40. The first-order chi connectivity index (χ1) is 9.84. The van der Waals surface area contributed by atoms with Crippen LogP contribution in [0.2, 0.25) is 5.02 Å². The number of nitrogen functional groups attached to an aromatic ring is 1. The van der Waals surface area contributed by atoms with Gasteiger partial charge in [-0.3, -0.25) is 4.79 Å². The summed E-state index contributed by atoms with van der Waals surface area (Å²) in [6, 6.07) is 4.16. The molecule has 1 aromatic rings. The van der Waals surface area contributed by atoms with Crippen LogP contribution in [0.1, 0.15) is 16.8 Å². The van der Waals surface area contributed by atoms with E-state index >= 15 is 0 Å². The third kappa shape index (κ3) is 3.49. The highest BCUT2D eigenvalue weighted by molar-refractivity contribution is 7.91. The van der Waals surface area contributed by atoms with Gasteiger partial charge in [0.2, 0.25) is 0 Å². The van der Waals surface area contributed by atoms with Crippen molar-refractivity contribution in [3.8, 4) is 12.3 Å². The maximum Gasteiger partial charge on any atom is 0.256 e. The highest BCUT2D eigenvalue weighted by Crippen LogP contribution is 2.24. The molecule has 112 valence electrons. The fourth-order valence-corrected chi connectivity index (χ4v) is 4.35. The topological polar surface area (TPSA) is 80.5 Å². The van der Waals surface area contributed by atoms with Crippen molar-refractivity contribution >= 4 is 33.0 Å². The summed E-state index contributed by atoms with van der Waals surface area (Å²) in [4.78, 5) is 14.0. The Labute approximate surface area is 129 Å². The first kappa shape index (κ1) is 15.7. The minimum absolute atomic E-state index is 0.0414. The normalized spacial score (nSPS) is 19.9. The molecule has 0 spiro atoms. The summed E-state index contributed by atoms with van der Waals surface area (Å²) >= 11 is 6.03. The molecule has 1 heterocycles. The van der Waals surface area contributed by atoms with Gasteiger partial charge in [0.25, 0.3) is 5.91 Å². The van der Waals surface area contributed by atoms with Crippen LogP contribution in [0.25, 0.3) is 0 Å². The highest BCUT2D eigenvalue weighted by atomic mass is 35.5. The Bertz CT molecular complexity index is 709. The number of anilines is 1. The van der Waals surface area contributed by atoms with Crippen LogP contribution in [0.5, 0.6) is 0 Å². The maximum atomic E-state index is 12.6. The molecule has 5 nitrogen and oxygen atoms in total. The van der Waals surface area contributed by atoms with Gasteiger partial charge in [-0.1, -0.05) is 17.5 Å². The average molecular weight is 327 g/mol. The number of benzene rings is 1. The highest BCUT2D eigenvalue weighted by Gasteiger charge is 2.35. The lowest BCUT2D eigenvalue weighted by Gasteiger charge is -2.26. The number of hydrogen-bond donors (Lipinski definition) is 1. The molecule has 0 bridgehead atoms. The lowest BCUT2D eigenvalue weighted by molar-refractivity contribution is 0.0724. The summed E-state index contributed by atoms with van der Waals surface area (Å²) in [6.45, 7) is 0.0414. The van der Waals surface area contributed by atoms with Crippen LogP contribution in [0.3, 0.4) is 0 Å². The molecule has 1 atom stereocenters. The Kier molecular flexibility index (Phi) is 4.45. The van der Waals surface area contributed by atoms with E-state index in [0.717, 1.165) is 0 Å². The first-order valence-corrected chi connectivity index (χ1v) is 8.54. The zero-order valence-electron chi connectivity index (χ0n) is 11.3. The Morgan fingerprint density at radius 1 is 1.52 bits per heavy atom.